The van der Waals surface area contributed by atoms with Crippen molar-refractivity contribution >= 4 is 25.0 Å². The second-order valence-corrected chi connectivity index (χ2v) is 9.13. The monoisotopic (exact) mass is 418 g/mol. The molecule has 29 heavy (non-hydrogen) atoms. The lowest BCUT2D eigenvalue weighted by Gasteiger charge is -2.18. The van der Waals surface area contributed by atoms with Crippen LogP contribution in [-0.2, 0) is 19.8 Å². The Bertz CT molecular complexity index is 856. The molecule has 0 saturated carbocycles. The van der Waals surface area contributed by atoms with Crippen LogP contribution in [0.5, 0.6) is 0 Å². The quantitative estimate of drug-likeness (QED) is 0.454. The van der Waals surface area contributed by atoms with Gasteiger partial charge in [-0.25, -0.2) is 4.79 Å². The van der Waals surface area contributed by atoms with Crippen LogP contribution in [0, 0.1) is 6.92 Å². The number of aryl methyl sites for hydroxylation is 1. The Kier molecular flexibility index (Phi) is 8.45. The van der Waals surface area contributed by atoms with Crippen molar-refractivity contribution in [3.8, 4) is 0 Å². The molecule has 158 valence electrons. The van der Waals surface area contributed by atoms with Crippen molar-refractivity contribution in [3.63, 3.8) is 0 Å². The smallest absolute Gasteiger partial charge is 0.309 e. The molecule has 2 rings (SSSR count). The van der Waals surface area contributed by atoms with Gasteiger partial charge in [0.15, 0.2) is 0 Å². The molecule has 2 aromatic rings. The standard InChI is InChI=1S/C22H31N2O4P/c1-6-27-29(26,28-7-2)15-18-11-13-19(14-12-18)23-22(25)24-21-17(5)9-8-10-20(21)16(3)4/h8-14,16H,6-7,15H2,1-5H3,(H2,23,24,25). The van der Waals surface area contributed by atoms with Gasteiger partial charge in [0.1, 0.15) is 0 Å². The highest BCUT2D eigenvalue weighted by atomic mass is 31.2. The second-order valence-electron chi connectivity index (χ2n) is 7.07. The van der Waals surface area contributed by atoms with Crippen molar-refractivity contribution in [1.82, 2.24) is 0 Å². The molecule has 0 unspecified atom stereocenters. The van der Waals surface area contributed by atoms with Gasteiger partial charge >= 0.3 is 13.6 Å². The van der Waals surface area contributed by atoms with E-state index in [1.807, 2.05) is 37.3 Å². The van der Waals surface area contributed by atoms with Gasteiger partial charge in [-0.1, -0.05) is 44.2 Å². The SMILES string of the molecule is CCOP(=O)(Cc1ccc(NC(=O)Nc2c(C)cccc2C(C)C)cc1)OCC. The minimum Gasteiger partial charge on any atom is -0.309 e. The van der Waals surface area contributed by atoms with Crippen LogP contribution in [0.15, 0.2) is 42.5 Å². The summed E-state index contributed by atoms with van der Waals surface area (Å²) < 4.78 is 23.3. The van der Waals surface area contributed by atoms with E-state index < -0.39 is 7.60 Å². The van der Waals surface area contributed by atoms with E-state index in [0.29, 0.717) is 24.8 Å². The van der Waals surface area contributed by atoms with Crippen LogP contribution in [-0.4, -0.2) is 19.2 Å². The summed E-state index contributed by atoms with van der Waals surface area (Å²) in [5, 5.41) is 5.80. The maximum atomic E-state index is 12.6. The number of anilines is 2. The van der Waals surface area contributed by atoms with Gasteiger partial charge in [-0.3, -0.25) is 4.57 Å². The van der Waals surface area contributed by atoms with Crippen molar-refractivity contribution in [3.05, 3.63) is 59.2 Å². The number of carbonyl (C=O) groups excluding carboxylic acids is 1. The largest absolute Gasteiger partial charge is 0.335 e. The zero-order valence-electron chi connectivity index (χ0n) is 17.8. The highest BCUT2D eigenvalue weighted by Crippen LogP contribution is 2.51. The molecular weight excluding hydrogens is 387 g/mol. The van der Waals surface area contributed by atoms with E-state index in [9.17, 15) is 9.36 Å². The summed E-state index contributed by atoms with van der Waals surface area (Å²) in [4.78, 5) is 12.5. The fourth-order valence-corrected chi connectivity index (χ4v) is 4.76. The van der Waals surface area contributed by atoms with E-state index in [4.69, 9.17) is 9.05 Å². The molecule has 2 amide bonds. The van der Waals surface area contributed by atoms with Crippen LogP contribution in [0.2, 0.25) is 0 Å². The summed E-state index contributed by atoms with van der Waals surface area (Å²) in [5.41, 5.74) is 4.42. The van der Waals surface area contributed by atoms with Crippen LogP contribution in [0.25, 0.3) is 0 Å². The first-order valence-electron chi connectivity index (χ1n) is 9.92. The predicted molar refractivity (Wildman–Crippen MR) is 119 cm³/mol. The molecular formula is C22H31N2O4P. The molecule has 2 aromatic carbocycles. The summed E-state index contributed by atoms with van der Waals surface area (Å²) in [6.07, 6.45) is 0.197. The number of hydrogen-bond donors (Lipinski definition) is 2. The molecule has 0 radical (unpaired) electrons. The van der Waals surface area contributed by atoms with Crippen LogP contribution in [0.1, 0.15) is 50.3 Å². The zero-order chi connectivity index (χ0) is 21.4. The number of urea groups is 1. The van der Waals surface area contributed by atoms with Crippen LogP contribution in [0.3, 0.4) is 0 Å². The number of hydrogen-bond acceptors (Lipinski definition) is 4. The third-order valence-electron chi connectivity index (χ3n) is 4.41. The highest BCUT2D eigenvalue weighted by Gasteiger charge is 2.24. The lowest BCUT2D eigenvalue weighted by Crippen LogP contribution is -2.21. The van der Waals surface area contributed by atoms with Gasteiger partial charge in [0.25, 0.3) is 0 Å². The van der Waals surface area contributed by atoms with E-state index in [1.54, 1.807) is 26.0 Å². The number of amides is 2. The Balaban J connectivity index is 2.05. The Morgan fingerprint density at radius 1 is 1.00 bits per heavy atom. The Morgan fingerprint density at radius 2 is 1.62 bits per heavy atom. The molecule has 0 aliphatic rings. The fraction of sp³-hybridized carbons (Fsp3) is 0.409. The van der Waals surface area contributed by atoms with Crippen molar-refractivity contribution < 1.29 is 18.4 Å². The molecule has 2 N–H and O–H groups in total. The van der Waals surface area contributed by atoms with Gasteiger partial charge in [-0.05, 0) is 55.5 Å². The van der Waals surface area contributed by atoms with Gasteiger partial charge in [0.2, 0.25) is 0 Å². The lowest BCUT2D eigenvalue weighted by atomic mass is 9.98. The van der Waals surface area contributed by atoms with Crippen LogP contribution >= 0.6 is 7.60 Å². The predicted octanol–water partition coefficient (Wildman–Crippen LogP) is 6.53. The molecule has 0 aliphatic carbocycles. The Labute approximate surface area is 173 Å². The van der Waals surface area contributed by atoms with E-state index in [-0.39, 0.29) is 12.2 Å². The molecule has 0 spiro atoms. The second kappa shape index (κ2) is 10.6. The molecule has 0 aliphatic heterocycles. The molecule has 0 aromatic heterocycles. The van der Waals surface area contributed by atoms with Crippen molar-refractivity contribution in [2.45, 2.75) is 46.7 Å². The number of carbonyl (C=O) groups is 1. The average Bonchev–Trinajstić information content (AvgIpc) is 2.65. The first-order chi connectivity index (χ1) is 13.8. The van der Waals surface area contributed by atoms with Crippen LogP contribution < -0.4 is 10.6 Å². The van der Waals surface area contributed by atoms with Crippen molar-refractivity contribution in [2.75, 3.05) is 23.8 Å². The van der Waals surface area contributed by atoms with Gasteiger partial charge in [0.05, 0.1) is 19.4 Å². The molecule has 0 bridgehead atoms. The summed E-state index contributed by atoms with van der Waals surface area (Å²) in [5.74, 6) is 0.302. The third kappa shape index (κ3) is 6.70. The van der Waals surface area contributed by atoms with E-state index in [1.165, 1.54) is 0 Å². The van der Waals surface area contributed by atoms with E-state index in [0.717, 1.165) is 22.4 Å². The average molecular weight is 418 g/mol. The third-order valence-corrected chi connectivity index (χ3v) is 6.46. The minimum absolute atomic E-state index is 0.197. The van der Waals surface area contributed by atoms with Gasteiger partial charge in [-0.2, -0.15) is 0 Å². The summed E-state index contributed by atoms with van der Waals surface area (Å²) >= 11 is 0. The van der Waals surface area contributed by atoms with E-state index >= 15 is 0 Å². The minimum atomic E-state index is -3.15. The molecule has 0 atom stereocenters. The summed E-state index contributed by atoms with van der Waals surface area (Å²) in [7, 11) is -3.15. The maximum Gasteiger partial charge on any atom is 0.335 e. The maximum absolute atomic E-state index is 12.6. The fourth-order valence-electron chi connectivity index (χ4n) is 3.06. The highest BCUT2D eigenvalue weighted by molar-refractivity contribution is 7.53. The first kappa shape index (κ1) is 23.1. The van der Waals surface area contributed by atoms with Gasteiger partial charge < -0.3 is 19.7 Å². The molecule has 0 saturated heterocycles. The summed E-state index contributed by atoms with van der Waals surface area (Å²) in [6, 6.07) is 12.9. The number of nitrogens with one attached hydrogen (secondary N) is 2. The first-order valence-corrected chi connectivity index (χ1v) is 11.6. The van der Waals surface area contributed by atoms with Crippen molar-refractivity contribution in [2.24, 2.45) is 0 Å². The molecule has 0 fully saturated rings. The Morgan fingerprint density at radius 3 is 2.17 bits per heavy atom. The van der Waals surface area contributed by atoms with Crippen molar-refractivity contribution in [1.29, 1.82) is 0 Å². The normalized spacial score (nSPS) is 11.5. The zero-order valence-corrected chi connectivity index (χ0v) is 18.7. The van der Waals surface area contributed by atoms with Crippen LogP contribution in [0.4, 0.5) is 16.2 Å². The topological polar surface area (TPSA) is 76.7 Å². The van der Waals surface area contributed by atoms with Gasteiger partial charge in [0, 0.05) is 11.4 Å². The lowest BCUT2D eigenvalue weighted by molar-refractivity contribution is 0.219. The molecule has 7 heteroatoms. The van der Waals surface area contributed by atoms with E-state index in [2.05, 4.69) is 24.5 Å². The van der Waals surface area contributed by atoms with Gasteiger partial charge in [-0.15, -0.1) is 0 Å². The Hall–Kier alpha value is -2.14. The molecule has 6 nitrogen and oxygen atoms in total. The number of rotatable bonds is 9. The number of benzene rings is 2. The summed E-state index contributed by atoms with van der Waals surface area (Å²) in [6.45, 7) is 10.4. The number of para-hydroxylation sites is 1. The molecule has 0 heterocycles.